The molecule has 0 radical (unpaired) electrons. The monoisotopic (exact) mass is 297 g/mol. The number of carbonyl (C=O) groups excluding carboxylic acids is 1. The van der Waals surface area contributed by atoms with E-state index in [9.17, 15) is 14.9 Å². The summed E-state index contributed by atoms with van der Waals surface area (Å²) in [6.45, 7) is 0. The predicted molar refractivity (Wildman–Crippen MR) is 72.8 cm³/mol. The second-order valence-corrected chi connectivity index (χ2v) is 4.90. The molecule has 2 rings (SSSR count). The molecule has 2 aromatic rings. The summed E-state index contributed by atoms with van der Waals surface area (Å²) in [4.78, 5) is 22.5. The number of nitro groups is 1. The molecule has 0 amide bonds. The van der Waals surface area contributed by atoms with Crippen LogP contribution in [0, 0.1) is 10.1 Å². The average molecular weight is 298 g/mol. The van der Waals surface area contributed by atoms with E-state index in [1.54, 1.807) is 11.4 Å². The number of methoxy groups -OCH3 is 1. The fraction of sp³-hybridized carbons (Fsp3) is 0.0833. The summed E-state index contributed by atoms with van der Waals surface area (Å²) in [5, 5.41) is 13.3. The van der Waals surface area contributed by atoms with Gasteiger partial charge >= 0.3 is 5.97 Å². The normalized spacial score (nSPS) is 10.2. The third-order valence-corrected chi connectivity index (χ3v) is 3.85. The molecule has 0 bridgehead atoms. The predicted octanol–water partition coefficient (Wildman–Crippen LogP) is 3.76. The van der Waals surface area contributed by atoms with E-state index in [4.69, 9.17) is 11.6 Å². The zero-order valence-corrected chi connectivity index (χ0v) is 11.3. The minimum absolute atomic E-state index is 0.130. The maximum Gasteiger partial charge on any atom is 0.338 e. The Bertz CT molecular complexity index is 653. The third kappa shape index (κ3) is 2.59. The van der Waals surface area contributed by atoms with Gasteiger partial charge in [0.25, 0.3) is 5.69 Å². The van der Waals surface area contributed by atoms with Gasteiger partial charge in [-0.2, -0.15) is 0 Å². The van der Waals surface area contributed by atoms with Gasteiger partial charge in [0.05, 0.1) is 33.1 Å². The summed E-state index contributed by atoms with van der Waals surface area (Å²) in [6, 6.07) is 5.84. The molecule has 0 saturated heterocycles. The Morgan fingerprint density at radius 1 is 1.42 bits per heavy atom. The van der Waals surface area contributed by atoms with Crippen molar-refractivity contribution >= 4 is 34.6 Å². The Hall–Kier alpha value is -1.92. The SMILES string of the molecule is COC(=O)c1ccc(-c2sccc2Cl)c([N+](=O)[O-])c1. The highest BCUT2D eigenvalue weighted by molar-refractivity contribution is 7.14. The molecule has 0 aliphatic carbocycles. The maximum atomic E-state index is 11.4. The van der Waals surface area contributed by atoms with Gasteiger partial charge < -0.3 is 4.74 Å². The number of hydrogen-bond donors (Lipinski definition) is 0. The van der Waals surface area contributed by atoms with E-state index in [1.165, 1.54) is 36.6 Å². The topological polar surface area (TPSA) is 69.4 Å². The van der Waals surface area contributed by atoms with Gasteiger partial charge in [0.1, 0.15) is 0 Å². The first-order valence-corrected chi connectivity index (χ1v) is 6.40. The molecule has 0 unspecified atom stereocenters. The number of hydrogen-bond acceptors (Lipinski definition) is 5. The standard InChI is InChI=1S/C12H8ClNO4S/c1-18-12(15)7-2-3-8(10(6-7)14(16)17)11-9(13)4-5-19-11/h2-6H,1H3. The molecule has 0 atom stereocenters. The van der Waals surface area contributed by atoms with Crippen LogP contribution in [-0.2, 0) is 4.74 Å². The van der Waals surface area contributed by atoms with Crippen LogP contribution in [0.15, 0.2) is 29.6 Å². The summed E-state index contributed by atoms with van der Waals surface area (Å²) < 4.78 is 4.54. The largest absolute Gasteiger partial charge is 0.465 e. The molecule has 0 aliphatic rings. The van der Waals surface area contributed by atoms with Gasteiger partial charge in [-0.15, -0.1) is 11.3 Å². The minimum Gasteiger partial charge on any atom is -0.465 e. The summed E-state index contributed by atoms with van der Waals surface area (Å²) in [5.41, 5.74) is 0.343. The van der Waals surface area contributed by atoms with Crippen LogP contribution in [0.4, 0.5) is 5.69 Å². The van der Waals surface area contributed by atoms with E-state index < -0.39 is 10.9 Å². The molecule has 0 N–H and O–H groups in total. The Morgan fingerprint density at radius 3 is 2.68 bits per heavy atom. The van der Waals surface area contributed by atoms with Crippen LogP contribution >= 0.6 is 22.9 Å². The van der Waals surface area contributed by atoms with Gasteiger partial charge in [0.15, 0.2) is 0 Å². The van der Waals surface area contributed by atoms with Gasteiger partial charge in [-0.25, -0.2) is 4.79 Å². The van der Waals surface area contributed by atoms with Crippen molar-refractivity contribution in [3.05, 3.63) is 50.3 Å². The Labute approximate surface area is 117 Å². The number of benzene rings is 1. The molecule has 7 heteroatoms. The zero-order valence-electron chi connectivity index (χ0n) is 9.75. The molecule has 0 spiro atoms. The quantitative estimate of drug-likeness (QED) is 0.491. The van der Waals surface area contributed by atoms with Crippen LogP contribution in [0.25, 0.3) is 10.4 Å². The lowest BCUT2D eigenvalue weighted by Gasteiger charge is -2.04. The Balaban J connectivity index is 2.60. The lowest BCUT2D eigenvalue weighted by atomic mass is 10.1. The van der Waals surface area contributed by atoms with Crippen molar-refractivity contribution in [2.75, 3.05) is 7.11 Å². The van der Waals surface area contributed by atoms with Gasteiger partial charge in [-0.3, -0.25) is 10.1 Å². The Morgan fingerprint density at radius 2 is 2.16 bits per heavy atom. The molecule has 19 heavy (non-hydrogen) atoms. The van der Waals surface area contributed by atoms with Crippen molar-refractivity contribution in [3.63, 3.8) is 0 Å². The number of esters is 1. The van der Waals surface area contributed by atoms with Gasteiger partial charge in [0.2, 0.25) is 0 Å². The van der Waals surface area contributed by atoms with Crippen LogP contribution < -0.4 is 0 Å². The first-order valence-electron chi connectivity index (χ1n) is 5.14. The van der Waals surface area contributed by atoms with E-state index in [2.05, 4.69) is 4.74 Å². The minimum atomic E-state index is -0.619. The molecule has 98 valence electrons. The fourth-order valence-electron chi connectivity index (χ4n) is 1.61. The summed E-state index contributed by atoms with van der Waals surface area (Å²) in [5.74, 6) is -0.619. The lowest BCUT2D eigenvalue weighted by Crippen LogP contribution is -2.02. The number of ether oxygens (including phenoxy) is 1. The molecular weight excluding hydrogens is 290 g/mol. The van der Waals surface area contributed by atoms with E-state index >= 15 is 0 Å². The summed E-state index contributed by atoms with van der Waals surface area (Å²) >= 11 is 7.28. The van der Waals surface area contributed by atoms with Crippen molar-refractivity contribution in [2.24, 2.45) is 0 Å². The Kier molecular flexibility index (Phi) is 3.82. The highest BCUT2D eigenvalue weighted by Gasteiger charge is 2.21. The smallest absolute Gasteiger partial charge is 0.338 e. The summed E-state index contributed by atoms with van der Waals surface area (Å²) in [6.07, 6.45) is 0. The molecule has 5 nitrogen and oxygen atoms in total. The second-order valence-electron chi connectivity index (χ2n) is 3.58. The molecule has 0 fully saturated rings. The van der Waals surface area contributed by atoms with Crippen molar-refractivity contribution in [1.82, 2.24) is 0 Å². The van der Waals surface area contributed by atoms with Crippen LogP contribution in [-0.4, -0.2) is 18.0 Å². The van der Waals surface area contributed by atoms with E-state index in [-0.39, 0.29) is 11.3 Å². The average Bonchev–Trinajstić information content (AvgIpc) is 2.83. The van der Waals surface area contributed by atoms with Crippen molar-refractivity contribution in [1.29, 1.82) is 0 Å². The number of thiophene rings is 1. The van der Waals surface area contributed by atoms with Gasteiger partial charge in [-0.1, -0.05) is 11.6 Å². The van der Waals surface area contributed by atoms with E-state index in [0.29, 0.717) is 15.5 Å². The molecular formula is C12H8ClNO4S. The van der Waals surface area contributed by atoms with Crippen molar-refractivity contribution in [3.8, 4) is 10.4 Å². The van der Waals surface area contributed by atoms with Crippen LogP contribution in [0.2, 0.25) is 5.02 Å². The molecule has 1 aromatic heterocycles. The lowest BCUT2D eigenvalue weighted by molar-refractivity contribution is -0.384. The highest BCUT2D eigenvalue weighted by atomic mass is 35.5. The van der Waals surface area contributed by atoms with E-state index in [1.807, 2.05) is 0 Å². The fourth-order valence-corrected chi connectivity index (χ4v) is 2.80. The van der Waals surface area contributed by atoms with Gasteiger partial charge in [-0.05, 0) is 23.6 Å². The molecule has 0 aliphatic heterocycles. The van der Waals surface area contributed by atoms with Crippen LogP contribution in [0.5, 0.6) is 0 Å². The number of nitro benzene ring substituents is 1. The highest BCUT2D eigenvalue weighted by Crippen LogP contribution is 2.38. The summed E-state index contributed by atoms with van der Waals surface area (Å²) in [7, 11) is 1.22. The molecule has 1 aromatic carbocycles. The second kappa shape index (κ2) is 5.38. The third-order valence-electron chi connectivity index (χ3n) is 2.48. The van der Waals surface area contributed by atoms with Crippen LogP contribution in [0.1, 0.15) is 10.4 Å². The maximum absolute atomic E-state index is 11.4. The number of rotatable bonds is 3. The number of carbonyl (C=O) groups is 1. The van der Waals surface area contributed by atoms with Crippen molar-refractivity contribution in [2.45, 2.75) is 0 Å². The van der Waals surface area contributed by atoms with E-state index in [0.717, 1.165) is 0 Å². The van der Waals surface area contributed by atoms with Crippen molar-refractivity contribution < 1.29 is 14.5 Å². The molecule has 1 heterocycles. The van der Waals surface area contributed by atoms with Gasteiger partial charge in [0, 0.05) is 6.07 Å². The number of nitrogens with zero attached hydrogens (tertiary/aromatic N) is 1. The first kappa shape index (κ1) is 13.5. The zero-order chi connectivity index (χ0) is 14.0. The van der Waals surface area contributed by atoms with Crippen LogP contribution in [0.3, 0.4) is 0 Å². The molecule has 0 saturated carbocycles. The first-order chi connectivity index (χ1) is 9.04. The number of halogens is 1.